The van der Waals surface area contributed by atoms with Gasteiger partial charge in [-0.05, 0) is 39.2 Å². The number of rotatable bonds is 5. The van der Waals surface area contributed by atoms with Crippen molar-refractivity contribution in [3.8, 4) is 0 Å². The van der Waals surface area contributed by atoms with Crippen LogP contribution < -0.4 is 11.2 Å². The quantitative estimate of drug-likeness (QED) is 0.875. The van der Waals surface area contributed by atoms with Gasteiger partial charge >= 0.3 is 0 Å². The molecule has 0 saturated carbocycles. The van der Waals surface area contributed by atoms with Crippen LogP contribution >= 0.6 is 0 Å². The van der Waals surface area contributed by atoms with E-state index >= 15 is 0 Å². The molecule has 1 fully saturated rings. The molecule has 7 nitrogen and oxygen atoms in total. The summed E-state index contributed by atoms with van der Waals surface area (Å²) < 4.78 is 13.1. The number of aryl methyl sites for hydroxylation is 2. The van der Waals surface area contributed by atoms with Crippen LogP contribution in [0, 0.1) is 13.8 Å². The van der Waals surface area contributed by atoms with E-state index in [1.165, 1.54) is 0 Å². The molecule has 7 heteroatoms. The van der Waals surface area contributed by atoms with Crippen LogP contribution in [0.4, 0.5) is 5.82 Å². The summed E-state index contributed by atoms with van der Waals surface area (Å²) in [6.07, 6.45) is 1.96. The molecule has 0 spiro atoms. The van der Waals surface area contributed by atoms with Gasteiger partial charge < -0.3 is 20.6 Å². The van der Waals surface area contributed by atoms with E-state index in [1.54, 1.807) is 0 Å². The van der Waals surface area contributed by atoms with Crippen LogP contribution in [0.1, 0.15) is 36.8 Å². The lowest BCUT2D eigenvalue weighted by atomic mass is 10.1. The van der Waals surface area contributed by atoms with E-state index in [4.69, 9.17) is 15.2 Å². The van der Waals surface area contributed by atoms with E-state index in [-0.39, 0.29) is 0 Å². The van der Waals surface area contributed by atoms with Gasteiger partial charge in [-0.15, -0.1) is 0 Å². The number of fused-ring (bicyclic) bond motifs is 1. The molecule has 1 saturated heterocycles. The second-order valence-corrected chi connectivity index (χ2v) is 5.92. The van der Waals surface area contributed by atoms with Gasteiger partial charge in [0.25, 0.3) is 0 Å². The highest BCUT2D eigenvalue weighted by atomic mass is 16.5. The maximum atomic E-state index is 6.09. The maximum absolute atomic E-state index is 6.09. The molecule has 0 amide bonds. The third-order valence-corrected chi connectivity index (χ3v) is 4.34. The van der Waals surface area contributed by atoms with Crippen LogP contribution in [-0.4, -0.2) is 40.5 Å². The number of imidazole rings is 1. The molecule has 2 aromatic heterocycles. The summed E-state index contributed by atoms with van der Waals surface area (Å²) in [6.45, 7) is 8.66. The first kappa shape index (κ1) is 16.0. The number of aromatic nitrogens is 3. The van der Waals surface area contributed by atoms with Crippen LogP contribution in [0.3, 0.4) is 0 Å². The second-order valence-electron chi connectivity index (χ2n) is 5.92. The number of hydrogen-bond donors (Lipinski definition) is 2. The molecule has 2 aromatic rings. The molecule has 1 aliphatic rings. The van der Waals surface area contributed by atoms with E-state index in [0.29, 0.717) is 25.1 Å². The van der Waals surface area contributed by atoms with E-state index in [0.717, 1.165) is 54.2 Å². The van der Waals surface area contributed by atoms with Gasteiger partial charge in [0.15, 0.2) is 11.6 Å². The van der Waals surface area contributed by atoms with Gasteiger partial charge in [-0.1, -0.05) is 0 Å². The van der Waals surface area contributed by atoms with Crippen molar-refractivity contribution < 1.29 is 9.47 Å². The molecule has 23 heavy (non-hydrogen) atoms. The van der Waals surface area contributed by atoms with Crippen molar-refractivity contribution in [2.45, 2.75) is 46.3 Å². The van der Waals surface area contributed by atoms with Crippen LogP contribution in [0.15, 0.2) is 0 Å². The summed E-state index contributed by atoms with van der Waals surface area (Å²) in [5, 5.41) is 0. The Morgan fingerprint density at radius 3 is 2.74 bits per heavy atom. The molecule has 0 unspecified atom stereocenters. The predicted octanol–water partition coefficient (Wildman–Crippen LogP) is 1.89. The number of nitrogen functional groups attached to an aromatic ring is 1. The van der Waals surface area contributed by atoms with Crippen molar-refractivity contribution in [2.24, 2.45) is 0 Å². The third kappa shape index (κ3) is 3.11. The first-order chi connectivity index (χ1) is 11.1. The number of hydrogen-bond acceptors (Lipinski definition) is 6. The zero-order valence-electron chi connectivity index (χ0n) is 14.1. The molecule has 126 valence electrons. The number of nitrogens with two attached hydrogens (primary N) is 1. The van der Waals surface area contributed by atoms with Crippen LogP contribution in [0.5, 0.6) is 0 Å². The lowest BCUT2D eigenvalue weighted by molar-refractivity contribution is 0.0873. The lowest BCUT2D eigenvalue weighted by Gasteiger charge is -2.26. The van der Waals surface area contributed by atoms with Crippen LogP contribution in [-0.2, 0) is 16.1 Å². The fourth-order valence-corrected chi connectivity index (χ4v) is 2.92. The molecular weight excluding hydrogens is 294 g/mol. The molecule has 0 bridgehead atoms. The summed E-state index contributed by atoms with van der Waals surface area (Å²) in [6, 6.07) is 0.357. The molecule has 0 atom stereocenters. The molecule has 0 aromatic carbocycles. The minimum atomic E-state index is 0.357. The van der Waals surface area contributed by atoms with Crippen molar-refractivity contribution in [3.63, 3.8) is 0 Å². The average Bonchev–Trinajstić information content (AvgIpc) is 2.91. The molecule has 0 radical (unpaired) electrons. The van der Waals surface area contributed by atoms with Crippen molar-refractivity contribution in [1.82, 2.24) is 14.6 Å². The summed E-state index contributed by atoms with van der Waals surface area (Å²) >= 11 is 0. The number of pyridine rings is 1. The fraction of sp³-hybridized carbons (Fsp3) is 0.625. The van der Waals surface area contributed by atoms with E-state index in [1.807, 2.05) is 18.5 Å². The van der Waals surface area contributed by atoms with Gasteiger partial charge in [-0.3, -0.25) is 0 Å². The fourth-order valence-electron chi connectivity index (χ4n) is 2.92. The number of nitrogens with zero attached hydrogens (tertiary/aromatic N) is 3. The third-order valence-electron chi connectivity index (χ3n) is 4.34. The topological polar surface area (TPSA) is 87.2 Å². The number of anilines is 1. The van der Waals surface area contributed by atoms with Gasteiger partial charge in [0.2, 0.25) is 0 Å². The average molecular weight is 319 g/mol. The normalized spacial score (nSPS) is 16.1. The zero-order chi connectivity index (χ0) is 16.4. The maximum Gasteiger partial charge on any atom is 0.154 e. The standard InChI is InChI=1S/C16H25N5O2/c1-4-22-9-13-19-14-15(10(2)11(3)18-16(14)17)21(13)20-12-5-7-23-8-6-12/h12,20H,4-9H2,1-3H3,(H2,17,18). The highest BCUT2D eigenvalue weighted by Crippen LogP contribution is 2.26. The molecule has 1 aliphatic heterocycles. The SMILES string of the molecule is CCOCc1nc2c(N)nc(C)c(C)c2n1NC1CCOCC1. The Morgan fingerprint density at radius 1 is 1.30 bits per heavy atom. The Morgan fingerprint density at radius 2 is 2.04 bits per heavy atom. The van der Waals surface area contributed by atoms with E-state index in [2.05, 4.69) is 22.3 Å². The van der Waals surface area contributed by atoms with Gasteiger partial charge in [0.05, 0.1) is 5.52 Å². The number of ether oxygens (including phenoxy) is 2. The van der Waals surface area contributed by atoms with Crippen molar-refractivity contribution in [3.05, 3.63) is 17.1 Å². The van der Waals surface area contributed by atoms with Crippen molar-refractivity contribution in [1.29, 1.82) is 0 Å². The molecule has 3 rings (SSSR count). The Bertz CT molecular complexity index is 692. The monoisotopic (exact) mass is 319 g/mol. The highest BCUT2D eigenvalue weighted by molar-refractivity contribution is 5.88. The smallest absolute Gasteiger partial charge is 0.154 e. The molecule has 3 heterocycles. The minimum absolute atomic E-state index is 0.357. The predicted molar refractivity (Wildman–Crippen MR) is 89.9 cm³/mol. The summed E-state index contributed by atoms with van der Waals surface area (Å²) in [5.41, 5.74) is 13.4. The lowest BCUT2D eigenvalue weighted by Crippen LogP contribution is -2.34. The Kier molecular flexibility index (Phi) is 4.68. The van der Waals surface area contributed by atoms with Crippen LogP contribution in [0.25, 0.3) is 11.0 Å². The van der Waals surface area contributed by atoms with Crippen molar-refractivity contribution >= 4 is 16.9 Å². The van der Waals surface area contributed by atoms with Crippen LogP contribution in [0.2, 0.25) is 0 Å². The highest BCUT2D eigenvalue weighted by Gasteiger charge is 2.21. The molecular formula is C16H25N5O2. The van der Waals surface area contributed by atoms with E-state index < -0.39 is 0 Å². The van der Waals surface area contributed by atoms with Gasteiger partial charge in [0, 0.05) is 31.6 Å². The van der Waals surface area contributed by atoms with Gasteiger partial charge in [0.1, 0.15) is 12.1 Å². The number of nitrogens with one attached hydrogen (secondary N) is 1. The Hall–Kier alpha value is -1.86. The zero-order valence-corrected chi connectivity index (χ0v) is 14.1. The van der Waals surface area contributed by atoms with E-state index in [9.17, 15) is 0 Å². The Balaban J connectivity index is 2.06. The summed E-state index contributed by atoms with van der Waals surface area (Å²) in [5.74, 6) is 1.30. The molecule has 3 N–H and O–H groups in total. The van der Waals surface area contributed by atoms with Gasteiger partial charge in [-0.25, -0.2) is 14.6 Å². The minimum Gasteiger partial charge on any atom is -0.382 e. The largest absolute Gasteiger partial charge is 0.382 e. The summed E-state index contributed by atoms with van der Waals surface area (Å²) in [7, 11) is 0. The van der Waals surface area contributed by atoms with Crippen molar-refractivity contribution in [2.75, 3.05) is 31.0 Å². The molecule has 0 aliphatic carbocycles. The summed E-state index contributed by atoms with van der Waals surface area (Å²) in [4.78, 5) is 9.07. The second kappa shape index (κ2) is 6.72. The first-order valence-electron chi connectivity index (χ1n) is 8.17. The van der Waals surface area contributed by atoms with Gasteiger partial charge in [-0.2, -0.15) is 0 Å². The Labute approximate surface area is 136 Å². The first-order valence-corrected chi connectivity index (χ1v) is 8.17.